The first kappa shape index (κ1) is 25.4. The number of nitrogens with one attached hydrogen (secondary N) is 2. The first-order valence-electron chi connectivity index (χ1n) is 11.8. The van der Waals surface area contributed by atoms with Crippen LogP contribution in [0.15, 0.2) is 72.1 Å². The van der Waals surface area contributed by atoms with Gasteiger partial charge in [-0.3, -0.25) is 19.3 Å². The fourth-order valence-corrected chi connectivity index (χ4v) is 4.79. The molecule has 4 rings (SSSR count). The molecule has 1 aliphatic rings. The maximum Gasteiger partial charge on any atom is 0.261 e. The highest BCUT2D eigenvalue weighted by atomic mass is 32.1. The molecule has 0 spiro atoms. The summed E-state index contributed by atoms with van der Waals surface area (Å²) in [4.78, 5) is 41.8. The van der Waals surface area contributed by atoms with Crippen molar-refractivity contribution in [3.8, 4) is 5.75 Å². The van der Waals surface area contributed by atoms with Gasteiger partial charge in [0.05, 0.1) is 30.3 Å². The summed E-state index contributed by atoms with van der Waals surface area (Å²) in [6.07, 6.45) is 1.78. The average molecular weight is 508 g/mol. The molecule has 2 N–H and O–H groups in total. The Kier molecular flexibility index (Phi) is 8.70. The van der Waals surface area contributed by atoms with Crippen LogP contribution in [0.2, 0.25) is 0 Å². The minimum atomic E-state index is -0.991. The van der Waals surface area contributed by atoms with E-state index in [1.54, 1.807) is 53.9 Å². The maximum absolute atomic E-state index is 13.7. The summed E-state index contributed by atoms with van der Waals surface area (Å²) in [5, 5.41) is 7.44. The highest BCUT2D eigenvalue weighted by molar-refractivity contribution is 7.12. The van der Waals surface area contributed by atoms with Crippen molar-refractivity contribution in [3.63, 3.8) is 0 Å². The molecule has 2 aromatic carbocycles. The van der Waals surface area contributed by atoms with Crippen LogP contribution in [-0.2, 0) is 14.3 Å². The van der Waals surface area contributed by atoms with Crippen LogP contribution in [-0.4, -0.2) is 50.6 Å². The van der Waals surface area contributed by atoms with Crippen LogP contribution in [0.4, 0.5) is 5.69 Å². The second-order valence-corrected chi connectivity index (χ2v) is 9.24. The second kappa shape index (κ2) is 12.3. The minimum absolute atomic E-state index is 0.0501. The van der Waals surface area contributed by atoms with Gasteiger partial charge in [0.2, 0.25) is 11.8 Å². The summed E-state index contributed by atoms with van der Waals surface area (Å²) in [5.41, 5.74) is 1.06. The number of hydrogen-bond donors (Lipinski definition) is 2. The van der Waals surface area contributed by atoms with Gasteiger partial charge >= 0.3 is 0 Å². The van der Waals surface area contributed by atoms with E-state index in [0.29, 0.717) is 35.0 Å². The summed E-state index contributed by atoms with van der Waals surface area (Å²) >= 11 is 1.29. The number of para-hydroxylation sites is 2. The van der Waals surface area contributed by atoms with Crippen LogP contribution in [0.5, 0.6) is 5.75 Å². The lowest BCUT2D eigenvalue weighted by Gasteiger charge is -2.32. The van der Waals surface area contributed by atoms with Crippen LogP contribution in [0.3, 0.4) is 0 Å². The van der Waals surface area contributed by atoms with Crippen LogP contribution in [0.25, 0.3) is 0 Å². The Morgan fingerprint density at radius 1 is 1.06 bits per heavy atom. The van der Waals surface area contributed by atoms with Crippen LogP contribution in [0, 0.1) is 0 Å². The predicted octanol–water partition coefficient (Wildman–Crippen LogP) is 3.56. The summed E-state index contributed by atoms with van der Waals surface area (Å²) < 4.78 is 11.2. The molecular formula is C27H29N3O5S. The second-order valence-electron chi connectivity index (χ2n) is 8.29. The number of ether oxygens (including phenoxy) is 2. The molecular weight excluding hydrogens is 478 g/mol. The number of carbonyl (C=O) groups is 3. The lowest BCUT2D eigenvalue weighted by atomic mass is 10.0. The molecule has 0 bridgehead atoms. The number of carbonyl (C=O) groups excluding carboxylic acids is 3. The molecule has 188 valence electrons. The number of hydrogen-bond acceptors (Lipinski definition) is 6. The van der Waals surface area contributed by atoms with Gasteiger partial charge in [-0.15, -0.1) is 11.3 Å². The zero-order valence-electron chi connectivity index (χ0n) is 20.0. The average Bonchev–Trinajstić information content (AvgIpc) is 3.64. The molecule has 9 heteroatoms. The van der Waals surface area contributed by atoms with E-state index < -0.39 is 11.9 Å². The molecule has 0 unspecified atom stereocenters. The van der Waals surface area contributed by atoms with Gasteiger partial charge in [0, 0.05) is 13.2 Å². The largest absolute Gasteiger partial charge is 0.495 e. The normalized spacial score (nSPS) is 15.6. The SMILES string of the molecule is COc1ccccc1N(C(=O)CNC(=O)c1cccs1)[C@H](C(=O)NC[C@@H]1CCCO1)c1ccccc1. The third-order valence-electron chi connectivity index (χ3n) is 5.91. The Bertz CT molecular complexity index is 1160. The summed E-state index contributed by atoms with van der Waals surface area (Å²) in [5.74, 6) is -0.716. The fourth-order valence-electron chi connectivity index (χ4n) is 4.15. The first-order chi connectivity index (χ1) is 17.6. The van der Waals surface area contributed by atoms with E-state index in [9.17, 15) is 14.4 Å². The van der Waals surface area contributed by atoms with Crippen molar-refractivity contribution < 1.29 is 23.9 Å². The fraction of sp³-hybridized carbons (Fsp3) is 0.296. The molecule has 1 aliphatic heterocycles. The molecule has 2 heterocycles. The quantitative estimate of drug-likeness (QED) is 0.438. The van der Waals surface area contributed by atoms with Gasteiger partial charge < -0.3 is 20.1 Å². The zero-order valence-corrected chi connectivity index (χ0v) is 20.8. The van der Waals surface area contributed by atoms with Crippen LogP contribution in [0.1, 0.15) is 34.1 Å². The van der Waals surface area contributed by atoms with Crippen LogP contribution < -0.4 is 20.3 Å². The number of methoxy groups -OCH3 is 1. The van der Waals surface area contributed by atoms with E-state index >= 15 is 0 Å². The van der Waals surface area contributed by atoms with Crippen molar-refractivity contribution in [1.82, 2.24) is 10.6 Å². The van der Waals surface area contributed by atoms with Crippen LogP contribution >= 0.6 is 11.3 Å². The Balaban J connectivity index is 1.66. The third-order valence-corrected chi connectivity index (χ3v) is 6.78. The summed E-state index contributed by atoms with van der Waals surface area (Å²) in [6, 6.07) is 18.6. The third kappa shape index (κ3) is 6.10. The Morgan fingerprint density at radius 2 is 1.83 bits per heavy atom. The van der Waals surface area contributed by atoms with E-state index in [0.717, 1.165) is 12.8 Å². The molecule has 36 heavy (non-hydrogen) atoms. The van der Waals surface area contributed by atoms with E-state index in [-0.39, 0.29) is 24.5 Å². The van der Waals surface area contributed by atoms with Gasteiger partial charge in [-0.1, -0.05) is 48.5 Å². The van der Waals surface area contributed by atoms with E-state index in [4.69, 9.17) is 9.47 Å². The number of nitrogens with zero attached hydrogens (tertiary/aromatic N) is 1. The first-order valence-corrected chi connectivity index (χ1v) is 12.7. The lowest BCUT2D eigenvalue weighted by Crippen LogP contribution is -2.48. The molecule has 1 saturated heterocycles. The molecule has 8 nitrogen and oxygen atoms in total. The van der Waals surface area contributed by atoms with Gasteiger partial charge in [0.15, 0.2) is 0 Å². The molecule has 0 radical (unpaired) electrons. The van der Waals surface area contributed by atoms with Crippen molar-refractivity contribution in [3.05, 3.63) is 82.6 Å². The number of rotatable bonds is 10. The van der Waals surface area contributed by atoms with Gasteiger partial charge in [0.25, 0.3) is 5.91 Å². The lowest BCUT2D eigenvalue weighted by molar-refractivity contribution is -0.126. The molecule has 0 aliphatic carbocycles. The zero-order chi connectivity index (χ0) is 25.3. The van der Waals surface area contributed by atoms with Gasteiger partial charge in [-0.05, 0) is 42.0 Å². The van der Waals surface area contributed by atoms with Crippen molar-refractivity contribution in [1.29, 1.82) is 0 Å². The van der Waals surface area contributed by atoms with Crippen molar-refractivity contribution in [2.24, 2.45) is 0 Å². The summed E-state index contributed by atoms with van der Waals surface area (Å²) in [7, 11) is 1.51. The van der Waals surface area contributed by atoms with Gasteiger partial charge in [0.1, 0.15) is 11.8 Å². The van der Waals surface area contributed by atoms with Gasteiger partial charge in [-0.25, -0.2) is 0 Å². The standard InChI is InChI=1S/C27H29N3O5S/c1-34-22-13-6-5-12-21(22)30(24(31)18-29-26(32)23-14-8-16-36-23)25(19-9-3-2-4-10-19)27(33)28-17-20-11-7-15-35-20/h2-6,8-10,12-14,16,20,25H,7,11,15,17-18H2,1H3,(H,28,33)(H,29,32)/t20-,25-/m0/s1. The maximum atomic E-state index is 13.7. The van der Waals surface area contributed by atoms with Crippen molar-refractivity contribution in [2.75, 3.05) is 31.7 Å². The molecule has 0 saturated carbocycles. The Hall–Kier alpha value is -3.69. The highest BCUT2D eigenvalue weighted by Crippen LogP contribution is 2.35. The molecule has 3 aromatic rings. The number of benzene rings is 2. The van der Waals surface area contributed by atoms with Gasteiger partial charge in [-0.2, -0.15) is 0 Å². The van der Waals surface area contributed by atoms with E-state index in [2.05, 4.69) is 10.6 Å². The molecule has 3 amide bonds. The van der Waals surface area contributed by atoms with Crippen molar-refractivity contribution >= 4 is 34.7 Å². The number of amides is 3. The topological polar surface area (TPSA) is 97.0 Å². The molecule has 1 aromatic heterocycles. The Labute approximate surface area is 214 Å². The number of anilines is 1. The highest BCUT2D eigenvalue weighted by Gasteiger charge is 2.34. The monoisotopic (exact) mass is 507 g/mol. The van der Waals surface area contributed by atoms with Crippen molar-refractivity contribution in [2.45, 2.75) is 25.0 Å². The molecule has 2 atom stereocenters. The predicted molar refractivity (Wildman–Crippen MR) is 138 cm³/mol. The Morgan fingerprint density at radius 3 is 2.53 bits per heavy atom. The number of thiophene rings is 1. The molecule has 1 fully saturated rings. The summed E-state index contributed by atoms with van der Waals surface area (Å²) in [6.45, 7) is 0.737. The smallest absolute Gasteiger partial charge is 0.261 e. The van der Waals surface area contributed by atoms with E-state index in [1.165, 1.54) is 23.3 Å². The van der Waals surface area contributed by atoms with E-state index in [1.807, 2.05) is 18.2 Å². The minimum Gasteiger partial charge on any atom is -0.495 e.